The highest BCUT2D eigenvalue weighted by molar-refractivity contribution is 9.10. The Bertz CT molecular complexity index is 1760. The van der Waals surface area contributed by atoms with Crippen molar-refractivity contribution < 1.29 is 19.1 Å². The number of ether oxygens (including phenoxy) is 2. The maximum Gasteiger partial charge on any atom is 0.407 e. The van der Waals surface area contributed by atoms with E-state index < -0.39 is 11.7 Å². The number of fused-ring (bicyclic) bond motifs is 4. The molecule has 43 heavy (non-hydrogen) atoms. The number of nitrogens with one attached hydrogen (secondary N) is 1. The second-order valence-electron chi connectivity index (χ2n) is 13.4. The van der Waals surface area contributed by atoms with Gasteiger partial charge in [0.2, 0.25) is 0 Å². The Morgan fingerprint density at radius 2 is 1.88 bits per heavy atom. The van der Waals surface area contributed by atoms with Gasteiger partial charge in [-0.2, -0.15) is 0 Å². The van der Waals surface area contributed by atoms with E-state index >= 15 is 0 Å². The second-order valence-corrected chi connectivity index (χ2v) is 14.3. The van der Waals surface area contributed by atoms with Crippen LogP contribution in [0.1, 0.15) is 56.8 Å². The highest BCUT2D eigenvalue weighted by Crippen LogP contribution is 2.41. The van der Waals surface area contributed by atoms with Crippen molar-refractivity contribution >= 4 is 49.9 Å². The molecule has 2 saturated carbocycles. The van der Waals surface area contributed by atoms with Crippen molar-refractivity contribution in [2.24, 2.45) is 18.9 Å². The first-order valence-electron chi connectivity index (χ1n) is 15.1. The van der Waals surface area contributed by atoms with Gasteiger partial charge >= 0.3 is 6.09 Å². The molecule has 2 aliphatic carbocycles. The van der Waals surface area contributed by atoms with Crippen LogP contribution in [0.4, 0.5) is 4.79 Å². The van der Waals surface area contributed by atoms with Gasteiger partial charge in [0.1, 0.15) is 16.9 Å². The van der Waals surface area contributed by atoms with Gasteiger partial charge in [0.25, 0.3) is 5.91 Å². The minimum Gasteiger partial charge on any atom is -0.494 e. The molecule has 2 bridgehead atoms. The van der Waals surface area contributed by atoms with Crippen LogP contribution < -0.4 is 10.1 Å². The lowest BCUT2D eigenvalue weighted by molar-refractivity contribution is 0.0485. The van der Waals surface area contributed by atoms with Crippen molar-refractivity contribution in [1.82, 2.24) is 24.3 Å². The largest absolute Gasteiger partial charge is 0.494 e. The fraction of sp³-hybridized carbons (Fsp3) is 0.485. The normalized spacial score (nSPS) is 21.6. The summed E-state index contributed by atoms with van der Waals surface area (Å²) in [6.45, 7) is 7.12. The highest BCUT2D eigenvalue weighted by atomic mass is 79.9. The van der Waals surface area contributed by atoms with Crippen molar-refractivity contribution in [3.05, 3.63) is 46.4 Å². The molecule has 2 aromatic heterocycles. The van der Waals surface area contributed by atoms with Crippen molar-refractivity contribution in [2.45, 2.75) is 70.7 Å². The van der Waals surface area contributed by atoms with Gasteiger partial charge in [-0.1, -0.05) is 15.9 Å². The van der Waals surface area contributed by atoms with E-state index in [0.717, 1.165) is 46.4 Å². The van der Waals surface area contributed by atoms with Crippen LogP contribution in [0.15, 0.2) is 40.9 Å². The summed E-state index contributed by atoms with van der Waals surface area (Å²) in [5, 5.41) is 4.22. The number of aromatic nitrogens is 3. The maximum atomic E-state index is 14.0. The molecule has 1 N–H and O–H groups in total. The summed E-state index contributed by atoms with van der Waals surface area (Å²) in [4.78, 5) is 33.6. The minimum absolute atomic E-state index is 0.0662. The molecule has 10 heteroatoms. The highest BCUT2D eigenvalue weighted by Gasteiger charge is 2.50. The number of aryl methyl sites for hydroxylation is 1. The fourth-order valence-corrected chi connectivity index (χ4v) is 7.44. The Kier molecular flexibility index (Phi) is 6.76. The average molecular weight is 649 g/mol. The zero-order valence-electron chi connectivity index (χ0n) is 25.3. The number of benzene rings is 2. The Balaban J connectivity index is 1.23. The Hall–Kier alpha value is -3.53. The van der Waals surface area contributed by atoms with Gasteiger partial charge < -0.3 is 28.8 Å². The number of nitrogens with zero attached hydrogens (tertiary/aromatic N) is 4. The van der Waals surface area contributed by atoms with E-state index in [1.807, 2.05) is 44.9 Å². The van der Waals surface area contributed by atoms with Crippen LogP contribution in [0, 0.1) is 11.8 Å². The molecule has 2 aromatic carbocycles. The third kappa shape index (κ3) is 5.07. The van der Waals surface area contributed by atoms with Crippen LogP contribution in [0.2, 0.25) is 0 Å². The summed E-state index contributed by atoms with van der Waals surface area (Å²) < 4.78 is 16.9. The molecule has 1 unspecified atom stereocenters. The Labute approximate surface area is 259 Å². The standard InChI is InChI=1S/C33H38BrN5O4/c1-33(2,3)43-32(41)36-28-19-8-10-25(28)39(17-19)31(40)21-13-23-29(27(15-21)42-5)37(4)30(35-23)26-14-20-12-22(34)9-11-24(20)38(26)16-18-6-7-18/h9,11-15,18-19,25,28H,6-8,10,16-17H2,1-5H3,(H,36,41)/t19-,25?,28+/m1/s1. The molecule has 1 saturated heterocycles. The molecule has 226 valence electrons. The van der Waals surface area contributed by atoms with E-state index in [1.165, 1.54) is 23.7 Å². The number of carbonyl (C=O) groups is 2. The molecule has 3 aliphatic rings. The first-order valence-corrected chi connectivity index (χ1v) is 15.9. The van der Waals surface area contributed by atoms with Crippen LogP contribution in [-0.4, -0.2) is 62.4 Å². The van der Waals surface area contributed by atoms with Crippen LogP contribution in [0.5, 0.6) is 5.75 Å². The molecule has 3 fully saturated rings. The summed E-state index contributed by atoms with van der Waals surface area (Å²) in [6, 6.07) is 12.1. The van der Waals surface area contributed by atoms with Crippen molar-refractivity contribution in [1.29, 1.82) is 0 Å². The third-order valence-electron chi connectivity index (χ3n) is 9.16. The number of hydrogen-bond acceptors (Lipinski definition) is 5. The van der Waals surface area contributed by atoms with Crippen LogP contribution in [-0.2, 0) is 18.3 Å². The second kappa shape index (κ2) is 10.3. The van der Waals surface area contributed by atoms with Gasteiger partial charge in [-0.25, -0.2) is 9.78 Å². The summed E-state index contributed by atoms with van der Waals surface area (Å²) in [7, 11) is 3.64. The number of hydrogen-bond donors (Lipinski definition) is 1. The molecule has 0 spiro atoms. The fourth-order valence-electron chi connectivity index (χ4n) is 7.06. The molecule has 2 amide bonds. The van der Waals surface area contributed by atoms with Gasteiger partial charge in [-0.3, -0.25) is 4.79 Å². The zero-order chi connectivity index (χ0) is 30.2. The van der Waals surface area contributed by atoms with E-state index in [0.29, 0.717) is 23.8 Å². The zero-order valence-corrected chi connectivity index (χ0v) is 26.9. The number of rotatable bonds is 6. The first-order chi connectivity index (χ1) is 20.5. The molecule has 4 aromatic rings. The number of amides is 2. The lowest BCUT2D eigenvalue weighted by Crippen LogP contribution is -2.46. The van der Waals surface area contributed by atoms with E-state index in [4.69, 9.17) is 14.5 Å². The van der Waals surface area contributed by atoms with E-state index in [2.05, 4.69) is 54.6 Å². The summed E-state index contributed by atoms with van der Waals surface area (Å²) in [5.41, 5.74) is 3.79. The van der Waals surface area contributed by atoms with Crippen molar-refractivity contribution in [3.8, 4) is 17.3 Å². The molecule has 3 atom stereocenters. The lowest BCUT2D eigenvalue weighted by atomic mass is 10.1. The topological polar surface area (TPSA) is 90.6 Å². The van der Waals surface area contributed by atoms with Gasteiger partial charge in [0, 0.05) is 41.1 Å². The molecule has 3 heterocycles. The quantitative estimate of drug-likeness (QED) is 0.258. The number of halogens is 1. The van der Waals surface area contributed by atoms with E-state index in [1.54, 1.807) is 7.11 Å². The van der Waals surface area contributed by atoms with Crippen LogP contribution >= 0.6 is 15.9 Å². The SMILES string of the molecule is COc1cc(C(=O)N2C[C@H]3CCC2[C@H]3NC(=O)OC(C)(C)C)cc2nc(-c3cc4cc(Br)ccc4n3CC3CC3)n(C)c12. The van der Waals surface area contributed by atoms with Gasteiger partial charge in [-0.15, -0.1) is 0 Å². The smallest absolute Gasteiger partial charge is 0.407 e. The molecule has 9 nitrogen and oxygen atoms in total. The number of imidazole rings is 1. The number of alkyl carbamates (subject to hydrolysis) is 1. The predicted molar refractivity (Wildman–Crippen MR) is 169 cm³/mol. The number of carbonyl (C=O) groups excluding carboxylic acids is 2. The predicted octanol–water partition coefficient (Wildman–Crippen LogP) is 6.50. The van der Waals surface area contributed by atoms with Gasteiger partial charge in [0.15, 0.2) is 5.82 Å². The number of piperidine rings is 1. The van der Waals surface area contributed by atoms with Gasteiger partial charge in [0.05, 0.1) is 30.4 Å². The van der Waals surface area contributed by atoms with Crippen LogP contribution in [0.3, 0.4) is 0 Å². The minimum atomic E-state index is -0.576. The molecule has 0 radical (unpaired) electrons. The van der Waals surface area contributed by atoms with Crippen molar-refractivity contribution in [3.63, 3.8) is 0 Å². The third-order valence-corrected chi connectivity index (χ3v) is 9.66. The first kappa shape index (κ1) is 28.3. The monoisotopic (exact) mass is 647 g/mol. The van der Waals surface area contributed by atoms with Crippen LogP contribution in [0.25, 0.3) is 33.5 Å². The van der Waals surface area contributed by atoms with E-state index in [-0.39, 0.29) is 23.9 Å². The summed E-state index contributed by atoms with van der Waals surface area (Å²) >= 11 is 3.63. The molecule has 7 rings (SSSR count). The maximum absolute atomic E-state index is 14.0. The summed E-state index contributed by atoms with van der Waals surface area (Å²) in [6.07, 6.45) is 3.91. The number of methoxy groups -OCH3 is 1. The molecular weight excluding hydrogens is 610 g/mol. The Morgan fingerprint density at radius 3 is 2.60 bits per heavy atom. The summed E-state index contributed by atoms with van der Waals surface area (Å²) in [5.74, 6) is 2.29. The Morgan fingerprint density at radius 1 is 1.09 bits per heavy atom. The van der Waals surface area contributed by atoms with Crippen molar-refractivity contribution in [2.75, 3.05) is 13.7 Å². The van der Waals surface area contributed by atoms with Gasteiger partial charge in [-0.05, 0) is 94.7 Å². The average Bonchev–Trinajstić information content (AvgIpc) is 3.31. The number of likely N-dealkylation sites (tertiary alicyclic amines) is 1. The lowest BCUT2D eigenvalue weighted by Gasteiger charge is -2.28. The molecular formula is C33H38BrN5O4. The van der Waals surface area contributed by atoms with E-state index in [9.17, 15) is 9.59 Å². The molecule has 1 aliphatic heterocycles.